The number of alkyl halides is 1. The highest BCUT2D eigenvalue weighted by Crippen LogP contribution is 2.42. The quantitative estimate of drug-likeness (QED) is 0.329. The highest BCUT2D eigenvalue weighted by Gasteiger charge is 2.25. The third-order valence-electron chi connectivity index (χ3n) is 7.39. The number of benzene rings is 3. The van der Waals surface area contributed by atoms with Gasteiger partial charge in [0.25, 0.3) is 0 Å². The number of halogens is 2. The molecule has 1 heterocycles. The molecule has 1 atom stereocenters. The van der Waals surface area contributed by atoms with Crippen molar-refractivity contribution in [3.63, 3.8) is 0 Å². The van der Waals surface area contributed by atoms with Gasteiger partial charge in [0.1, 0.15) is 29.2 Å². The zero-order valence-corrected chi connectivity index (χ0v) is 21.9. The fraction of sp³-hybridized carbons (Fsp3) is 0.375. The normalized spacial score (nSPS) is 17.8. The van der Waals surface area contributed by atoms with Crippen molar-refractivity contribution in [2.75, 3.05) is 32.9 Å². The lowest BCUT2D eigenvalue weighted by Crippen LogP contribution is -2.26. The van der Waals surface area contributed by atoms with Crippen molar-refractivity contribution in [3.05, 3.63) is 88.7 Å². The molecule has 1 fully saturated rings. The number of hydrogen-bond donors (Lipinski definition) is 1. The monoisotopic (exact) mass is 519 g/mol. The van der Waals surface area contributed by atoms with Gasteiger partial charge in [-0.2, -0.15) is 0 Å². The molecule has 0 spiro atoms. The molecule has 1 unspecified atom stereocenters. The molecule has 5 rings (SSSR count). The van der Waals surface area contributed by atoms with Crippen molar-refractivity contribution in [3.8, 4) is 17.2 Å². The van der Waals surface area contributed by atoms with E-state index in [9.17, 15) is 9.50 Å². The van der Waals surface area contributed by atoms with Crippen molar-refractivity contribution in [1.82, 2.24) is 4.90 Å². The van der Waals surface area contributed by atoms with E-state index < -0.39 is 0 Å². The summed E-state index contributed by atoms with van der Waals surface area (Å²) < 4.78 is 39.7. The van der Waals surface area contributed by atoms with Crippen LogP contribution in [0.4, 0.5) is 8.78 Å². The van der Waals surface area contributed by atoms with E-state index in [-0.39, 0.29) is 24.3 Å². The minimum absolute atomic E-state index is 0.0924. The molecule has 0 aromatic heterocycles. The van der Waals surface area contributed by atoms with Gasteiger partial charge < -0.3 is 14.6 Å². The number of allylic oxidation sites excluding steroid dienone is 1. The summed E-state index contributed by atoms with van der Waals surface area (Å²) in [6.07, 6.45) is 3.95. The first-order valence-corrected chi connectivity index (χ1v) is 13.6. The number of rotatable bonds is 9. The van der Waals surface area contributed by atoms with Crippen LogP contribution < -0.4 is 9.47 Å². The Bertz CT molecular complexity index is 1290. The Balaban J connectivity index is 1.49. The molecule has 1 N–H and O–H groups in total. The number of likely N-dealkylation sites (tertiary alicyclic amines) is 1. The van der Waals surface area contributed by atoms with Crippen LogP contribution >= 0.6 is 0 Å². The summed E-state index contributed by atoms with van der Waals surface area (Å²) in [6, 6.07) is 18.6. The SMILES string of the molecule is CCOc1ccc(C2=C(c3ccc(OC4CCN(CCCF)C4)cc3)c3ccc(O)cc3CCC2)c(F)c1. The van der Waals surface area contributed by atoms with E-state index in [0.717, 1.165) is 72.5 Å². The van der Waals surface area contributed by atoms with Gasteiger partial charge in [-0.25, -0.2) is 4.39 Å². The largest absolute Gasteiger partial charge is 0.508 e. The van der Waals surface area contributed by atoms with Gasteiger partial charge in [-0.15, -0.1) is 0 Å². The van der Waals surface area contributed by atoms with Crippen LogP contribution in [0.2, 0.25) is 0 Å². The van der Waals surface area contributed by atoms with E-state index in [1.807, 2.05) is 55.5 Å². The molecular formula is C32H35F2NO3. The highest BCUT2D eigenvalue weighted by molar-refractivity contribution is 6.00. The smallest absolute Gasteiger partial charge is 0.134 e. The lowest BCUT2D eigenvalue weighted by Gasteiger charge is -2.19. The Morgan fingerprint density at radius 1 is 0.974 bits per heavy atom. The summed E-state index contributed by atoms with van der Waals surface area (Å²) >= 11 is 0. The van der Waals surface area contributed by atoms with E-state index in [2.05, 4.69) is 4.90 Å². The summed E-state index contributed by atoms with van der Waals surface area (Å²) in [5.74, 6) is 1.25. The number of aryl methyl sites for hydroxylation is 1. The predicted octanol–water partition coefficient (Wildman–Crippen LogP) is 7.04. The summed E-state index contributed by atoms with van der Waals surface area (Å²) in [6.45, 7) is 4.58. The minimum atomic E-state index is -0.302. The van der Waals surface area contributed by atoms with Crippen molar-refractivity contribution in [2.45, 2.75) is 45.1 Å². The number of hydrogen-bond acceptors (Lipinski definition) is 4. The molecule has 3 aromatic carbocycles. The molecule has 6 heteroatoms. The van der Waals surface area contributed by atoms with E-state index in [1.54, 1.807) is 6.07 Å². The van der Waals surface area contributed by atoms with Crippen LogP contribution in [0, 0.1) is 5.82 Å². The number of ether oxygens (including phenoxy) is 2. The molecule has 0 saturated carbocycles. The molecule has 1 saturated heterocycles. The maximum Gasteiger partial charge on any atom is 0.134 e. The first-order chi connectivity index (χ1) is 18.6. The number of aromatic hydroxyl groups is 1. The number of phenolic OH excluding ortho intramolecular Hbond substituents is 1. The maximum atomic E-state index is 15.4. The molecule has 0 amide bonds. The lowest BCUT2D eigenvalue weighted by molar-refractivity contribution is 0.198. The third-order valence-corrected chi connectivity index (χ3v) is 7.39. The maximum absolute atomic E-state index is 15.4. The van der Waals surface area contributed by atoms with Crippen LogP contribution in [0.1, 0.15) is 54.9 Å². The average Bonchev–Trinajstić information content (AvgIpc) is 3.27. The van der Waals surface area contributed by atoms with Crippen molar-refractivity contribution in [1.29, 1.82) is 0 Å². The Kier molecular flexibility index (Phi) is 8.28. The van der Waals surface area contributed by atoms with Gasteiger partial charge in [0.05, 0.1) is 13.3 Å². The van der Waals surface area contributed by atoms with Gasteiger partial charge in [-0.1, -0.05) is 18.2 Å². The Morgan fingerprint density at radius 3 is 2.53 bits per heavy atom. The molecule has 3 aromatic rings. The second-order valence-corrected chi connectivity index (χ2v) is 10.0. The van der Waals surface area contributed by atoms with Gasteiger partial charge in [0, 0.05) is 31.3 Å². The molecule has 38 heavy (non-hydrogen) atoms. The molecule has 2 aliphatic rings. The predicted molar refractivity (Wildman–Crippen MR) is 147 cm³/mol. The molecule has 1 aliphatic heterocycles. The first-order valence-electron chi connectivity index (χ1n) is 13.6. The molecule has 200 valence electrons. The van der Waals surface area contributed by atoms with E-state index in [1.165, 1.54) is 6.07 Å². The minimum Gasteiger partial charge on any atom is -0.508 e. The second kappa shape index (κ2) is 12.0. The molecule has 0 radical (unpaired) electrons. The summed E-state index contributed by atoms with van der Waals surface area (Å²) in [5, 5.41) is 10.2. The van der Waals surface area contributed by atoms with Crippen LogP contribution in [0.3, 0.4) is 0 Å². The second-order valence-electron chi connectivity index (χ2n) is 10.0. The van der Waals surface area contributed by atoms with E-state index >= 15 is 4.39 Å². The summed E-state index contributed by atoms with van der Waals surface area (Å²) in [4.78, 5) is 2.25. The standard InChI is InChI=1S/C32H35F2NO3/c1-2-37-26-12-14-29(31(34)20-26)30-6-3-5-23-19-24(36)9-13-28(23)32(30)22-7-10-25(11-8-22)38-27-15-18-35(21-27)17-4-16-33/h7-14,19-20,27,36H,2-6,15-18,21H2,1H3. The van der Waals surface area contributed by atoms with Gasteiger partial charge in [0.2, 0.25) is 0 Å². The highest BCUT2D eigenvalue weighted by atomic mass is 19.1. The number of phenols is 1. The van der Waals surface area contributed by atoms with Gasteiger partial charge in [-0.05, 0) is 103 Å². The summed E-state index contributed by atoms with van der Waals surface area (Å²) in [5.41, 5.74) is 5.54. The zero-order valence-electron chi connectivity index (χ0n) is 21.9. The lowest BCUT2D eigenvalue weighted by atomic mass is 9.87. The van der Waals surface area contributed by atoms with Crippen molar-refractivity contribution < 1.29 is 23.4 Å². The van der Waals surface area contributed by atoms with E-state index in [4.69, 9.17) is 9.47 Å². The molecular weight excluding hydrogens is 484 g/mol. The fourth-order valence-electron chi connectivity index (χ4n) is 5.64. The van der Waals surface area contributed by atoms with Crippen molar-refractivity contribution in [2.24, 2.45) is 0 Å². The molecule has 0 bridgehead atoms. The van der Waals surface area contributed by atoms with Gasteiger partial charge >= 0.3 is 0 Å². The fourth-order valence-corrected chi connectivity index (χ4v) is 5.64. The zero-order chi connectivity index (χ0) is 26.5. The number of fused-ring (bicyclic) bond motifs is 1. The van der Waals surface area contributed by atoms with Crippen LogP contribution in [-0.4, -0.2) is 49.0 Å². The van der Waals surface area contributed by atoms with E-state index in [0.29, 0.717) is 30.8 Å². The Morgan fingerprint density at radius 2 is 1.76 bits per heavy atom. The van der Waals surface area contributed by atoms with Gasteiger partial charge in [0.15, 0.2) is 0 Å². The summed E-state index contributed by atoms with van der Waals surface area (Å²) in [7, 11) is 0. The molecule has 1 aliphatic carbocycles. The Hall–Kier alpha value is -3.38. The first kappa shape index (κ1) is 26.2. The van der Waals surface area contributed by atoms with Gasteiger partial charge in [-0.3, -0.25) is 9.29 Å². The average molecular weight is 520 g/mol. The molecule has 4 nitrogen and oxygen atoms in total. The third kappa shape index (κ3) is 5.86. The number of nitrogens with zero attached hydrogens (tertiary/aromatic N) is 1. The van der Waals surface area contributed by atoms with Crippen LogP contribution in [0.15, 0.2) is 60.7 Å². The van der Waals surface area contributed by atoms with Crippen molar-refractivity contribution >= 4 is 11.1 Å². The van der Waals surface area contributed by atoms with Crippen LogP contribution in [-0.2, 0) is 6.42 Å². The topological polar surface area (TPSA) is 41.9 Å². The Labute approximate surface area is 223 Å². The van der Waals surface area contributed by atoms with Crippen LogP contribution in [0.5, 0.6) is 17.2 Å². The van der Waals surface area contributed by atoms with Crippen LogP contribution in [0.25, 0.3) is 11.1 Å².